The third kappa shape index (κ3) is 19.4. The van der Waals surface area contributed by atoms with E-state index in [0.29, 0.717) is 34.5 Å². The lowest BCUT2D eigenvalue weighted by Crippen LogP contribution is -2.38. The van der Waals surface area contributed by atoms with Crippen molar-refractivity contribution in [2.45, 2.75) is 237 Å². The molecule has 5 nitrogen and oxygen atoms in total. The zero-order valence-electron chi connectivity index (χ0n) is 96.6. The van der Waals surface area contributed by atoms with Crippen LogP contribution in [0.15, 0.2) is 334 Å². The Morgan fingerprint density at radius 1 is 0.259 bits per heavy atom. The van der Waals surface area contributed by atoms with Gasteiger partial charge in [-0.05, 0) is 395 Å². The summed E-state index contributed by atoms with van der Waals surface area (Å²) in [7, 11) is 10.5. The number of hydrogen-bond donors (Lipinski definition) is 0. The molecule has 15 aromatic rings. The molecule has 5 heterocycles. The summed E-state index contributed by atoms with van der Waals surface area (Å²) in [6, 6.07) is 109. The monoisotopic (exact) mass is 1940 g/mol. The van der Waals surface area contributed by atoms with Gasteiger partial charge in [-0.2, -0.15) is 0 Å². The molecule has 752 valence electrons. The zero-order chi connectivity index (χ0) is 107. The molecule has 10 bridgehead atoms. The van der Waals surface area contributed by atoms with Gasteiger partial charge in [-0.1, -0.05) is 287 Å². The van der Waals surface area contributed by atoms with Crippen LogP contribution in [-0.4, -0.2) is 0 Å². The zero-order valence-corrected chi connectivity index (χ0v) is 91.6. The second kappa shape index (κ2) is 41.1. The fourth-order valence-corrected chi connectivity index (χ4v) is 29.8. The van der Waals surface area contributed by atoms with Crippen molar-refractivity contribution in [3.8, 4) is 112 Å². The average molecular weight is 1950 g/mol. The quantitative estimate of drug-likeness (QED) is 0.0763. The van der Waals surface area contributed by atoms with Gasteiger partial charge in [0, 0.05) is 95.3 Å². The van der Waals surface area contributed by atoms with Gasteiger partial charge in [-0.15, -0.1) is 0 Å². The molecule has 13 unspecified atom stereocenters. The topological polar surface area (TPSA) is 19.4 Å². The van der Waals surface area contributed by atoms with E-state index in [9.17, 15) is 2.74 Å². The summed E-state index contributed by atoms with van der Waals surface area (Å²) in [6.45, 7) is 32.6. The van der Waals surface area contributed by atoms with E-state index in [0.717, 1.165) is 88.7 Å². The van der Waals surface area contributed by atoms with E-state index in [1.807, 2.05) is 24.3 Å². The number of pyridine rings is 5. The van der Waals surface area contributed by atoms with Crippen LogP contribution in [0, 0.1) is 126 Å². The lowest BCUT2D eigenvalue weighted by molar-refractivity contribution is -0.660. The molecular formula is C142H164N5+5. The van der Waals surface area contributed by atoms with Gasteiger partial charge in [0.2, 0.25) is 28.5 Å². The third-order valence-electron chi connectivity index (χ3n) is 40.8. The molecule has 10 saturated carbocycles. The highest BCUT2D eigenvalue weighted by atomic mass is 14.9. The van der Waals surface area contributed by atoms with E-state index in [2.05, 4.69) is 465 Å². The molecule has 10 aromatic carbocycles. The molecule has 0 radical (unpaired) electrons. The number of fused-ring (bicyclic) bond motifs is 10. The van der Waals surface area contributed by atoms with Crippen molar-refractivity contribution in [3.63, 3.8) is 0 Å². The molecule has 5 heteroatoms. The number of aromatic nitrogens is 5. The summed E-state index contributed by atoms with van der Waals surface area (Å²) < 4.78 is 56.9. The number of rotatable bonds is 18. The van der Waals surface area contributed by atoms with Gasteiger partial charge in [0.25, 0.3) is 0 Å². The second-order valence-corrected chi connectivity index (χ2v) is 49.0. The molecule has 10 fully saturated rings. The molecule has 0 amide bonds. The molecule has 0 saturated heterocycles. The van der Waals surface area contributed by atoms with Crippen LogP contribution in [0.2, 0.25) is 0 Å². The average Bonchev–Trinajstić information content (AvgIpc) is 1.48. The molecule has 5 aromatic heterocycles. The Balaban J connectivity index is 0.000000111. The maximum Gasteiger partial charge on any atom is 0.213 e. The SMILES string of the molecule is Cc1ccccc1-c1cc(-c2ccc(C3C4CCCC3C4)cc2)cc[n+]1C.Cc1ccccc1-c1cc(-c2cccc(CC3CC4CCC3(C)C4(C)C)c2)cc[n+]1C.[2H]C([2H])(c1ccc(-c2cc[n+](C)c(-c3ccccc3C)c2)cc1)C1CC2CCC1(C)C2(C)C.[2H]C([2H])(c1cccc(-c2cc[n+](C)c(-c3ccccc3C)c2)c1)C1CC2CCC1(C)C2(C)C.[2H]C1(c2ccc(-c3cc[n+](C)c(-c4ccccc4C)c3)cc2)C2CCCC1C2. The van der Waals surface area contributed by atoms with Crippen molar-refractivity contribution in [1.82, 2.24) is 0 Å². The fraction of sp³-hybridized carbons (Fsp3) is 0.401. The molecule has 147 heavy (non-hydrogen) atoms. The molecule has 13 atom stereocenters. The Morgan fingerprint density at radius 3 is 0.850 bits per heavy atom. The van der Waals surface area contributed by atoms with Crippen molar-refractivity contribution in [2.75, 3.05) is 0 Å². The molecule has 10 aliphatic carbocycles. The first-order valence-electron chi connectivity index (χ1n) is 58.5. The number of benzene rings is 10. The van der Waals surface area contributed by atoms with E-state index in [4.69, 9.17) is 4.11 Å². The van der Waals surface area contributed by atoms with E-state index >= 15 is 0 Å². The minimum Gasteiger partial charge on any atom is -0.201 e. The summed E-state index contributed by atoms with van der Waals surface area (Å²) in [6.07, 6.45) is 31.2. The van der Waals surface area contributed by atoms with E-state index < -0.39 is 12.7 Å². The Bertz CT molecular complexity index is 7570. The second-order valence-electron chi connectivity index (χ2n) is 49.0. The Labute approximate surface area is 889 Å². The van der Waals surface area contributed by atoms with Crippen LogP contribution in [0.5, 0.6) is 0 Å². The smallest absolute Gasteiger partial charge is 0.201 e. The van der Waals surface area contributed by atoms with Crippen LogP contribution in [0.3, 0.4) is 0 Å². The van der Waals surface area contributed by atoms with Crippen molar-refractivity contribution in [1.29, 1.82) is 0 Å². The minimum atomic E-state index is -1.34. The number of hydrogen-bond acceptors (Lipinski definition) is 0. The van der Waals surface area contributed by atoms with Gasteiger partial charge < -0.3 is 0 Å². The molecule has 0 aliphatic heterocycles. The first kappa shape index (κ1) is 94.6. The third-order valence-corrected chi connectivity index (χ3v) is 40.8. The van der Waals surface area contributed by atoms with E-state index in [-0.39, 0.29) is 39.4 Å². The van der Waals surface area contributed by atoms with Crippen LogP contribution in [0.25, 0.3) is 112 Å². The Morgan fingerprint density at radius 2 is 0.537 bits per heavy atom. The first-order valence-corrected chi connectivity index (χ1v) is 56.0. The summed E-state index contributed by atoms with van der Waals surface area (Å²) in [5.74, 6) is 6.71. The van der Waals surface area contributed by atoms with E-state index in [1.54, 1.807) is 5.56 Å². The van der Waals surface area contributed by atoms with Gasteiger partial charge >= 0.3 is 0 Å². The summed E-state index contributed by atoms with van der Waals surface area (Å²) in [4.78, 5) is 0. The highest BCUT2D eigenvalue weighted by molar-refractivity contribution is 5.76. The van der Waals surface area contributed by atoms with E-state index in [1.165, 1.54) is 219 Å². The molecule has 25 rings (SSSR count). The largest absolute Gasteiger partial charge is 0.213 e. The Kier molecular flexibility index (Phi) is 26.5. The van der Waals surface area contributed by atoms with Gasteiger partial charge in [-0.25, -0.2) is 22.8 Å². The molecule has 0 spiro atoms. The van der Waals surface area contributed by atoms with Crippen LogP contribution in [0.1, 0.15) is 246 Å². The van der Waals surface area contributed by atoms with Crippen LogP contribution in [-0.2, 0) is 54.4 Å². The van der Waals surface area contributed by atoms with Gasteiger partial charge in [0.1, 0.15) is 35.2 Å². The Hall–Kier alpha value is -12.1. The maximum atomic E-state index is 9.28. The van der Waals surface area contributed by atoms with Crippen LogP contribution < -0.4 is 22.8 Å². The van der Waals surface area contributed by atoms with Crippen LogP contribution in [0.4, 0.5) is 0 Å². The first-order chi connectivity index (χ1) is 72.7. The van der Waals surface area contributed by atoms with Crippen molar-refractivity contribution in [2.24, 2.45) is 127 Å². The lowest BCUT2D eigenvalue weighted by Gasteiger charge is -2.50. The fourth-order valence-electron chi connectivity index (χ4n) is 29.8. The van der Waals surface area contributed by atoms with Crippen molar-refractivity contribution in [3.05, 3.63) is 390 Å². The highest BCUT2D eigenvalue weighted by Crippen LogP contribution is 2.72. The van der Waals surface area contributed by atoms with Gasteiger partial charge in [-0.3, -0.25) is 0 Å². The van der Waals surface area contributed by atoms with Crippen LogP contribution >= 0.6 is 0 Å². The predicted molar refractivity (Wildman–Crippen MR) is 612 cm³/mol. The molecule has 10 aliphatic rings. The highest BCUT2D eigenvalue weighted by Gasteiger charge is 2.63. The summed E-state index contributed by atoms with van der Waals surface area (Å²) in [5.41, 5.74) is 38.6. The van der Waals surface area contributed by atoms with Gasteiger partial charge in [0.15, 0.2) is 31.0 Å². The number of aryl methyl sites for hydroxylation is 10. The normalized spacial score (nSPS) is 26.6. The number of nitrogens with zero attached hydrogens (tertiary/aromatic N) is 5. The predicted octanol–water partition coefficient (Wildman–Crippen LogP) is 33.6. The maximum absolute atomic E-state index is 9.28. The standard InChI is InChI=1S/3C30H36N.2C26H28N/c2*1-21-9-6-7-12-27(21)28-19-24(14-16-31(28)5)23-11-8-10-22(17-23)18-26-20-25-13-15-30(26,4)29(25,2)3;1-21-8-6-7-9-27(21)28-19-24(15-17-31(28)5)23-12-10-22(11-13-23)18-26-20-25-14-16-30(26,4)29(25,2)3;2*1-18-6-3-4-9-24(18)25-17-21(14-15-27(25)2)19-10-12-20(13-11-19)26-22-7-5-8-23(26)16-22/h2*6-12,14,16-17,19,25-26H,13,15,18,20H2,1-5H3;6-13,15,17,19,25-26H,14,16,18,20H2,1-5H3;2*3-4,6,9-15,17,22-23,26H,5,7-8,16H2,1-2H3/q5*+1/i18D2;;18D2;26D;. The molecule has 0 N–H and O–H groups in total. The summed E-state index contributed by atoms with van der Waals surface area (Å²) in [5, 5.41) is 0. The summed E-state index contributed by atoms with van der Waals surface area (Å²) >= 11 is 0. The minimum absolute atomic E-state index is 0.0513. The van der Waals surface area contributed by atoms with Crippen molar-refractivity contribution < 1.29 is 29.7 Å². The van der Waals surface area contributed by atoms with Crippen molar-refractivity contribution >= 4 is 0 Å². The van der Waals surface area contributed by atoms with Gasteiger partial charge in [0.05, 0.1) is 0 Å². The lowest BCUT2D eigenvalue weighted by atomic mass is 9.55. The molecular weight excluding hydrogens is 1780 g/mol.